The maximum Gasteiger partial charge on any atom is 0.244 e. The number of hydrogen-bond acceptors (Lipinski definition) is 3. The number of para-hydroxylation sites is 1. The number of carbonyl (C=O) groups is 1. The first kappa shape index (κ1) is 19.9. The molecule has 0 bridgehead atoms. The lowest BCUT2D eigenvalue weighted by Crippen LogP contribution is -2.49. The van der Waals surface area contributed by atoms with Crippen LogP contribution in [0.25, 0.3) is 0 Å². The summed E-state index contributed by atoms with van der Waals surface area (Å²) in [6.07, 6.45) is 1.39. The minimum absolute atomic E-state index is 0.309. The Hall–Kier alpha value is -2.41. The number of nitrogens with zero attached hydrogens (tertiary/aromatic N) is 1. The molecule has 2 atom stereocenters. The zero-order valence-electron chi connectivity index (χ0n) is 15.0. The van der Waals surface area contributed by atoms with Gasteiger partial charge in [0.25, 0.3) is 0 Å². The lowest BCUT2D eigenvalue weighted by molar-refractivity contribution is -0.122. The van der Waals surface area contributed by atoms with Crippen LogP contribution < -0.4 is 9.62 Å². The highest BCUT2D eigenvalue weighted by Crippen LogP contribution is 2.23. The quantitative estimate of drug-likeness (QED) is 0.804. The van der Waals surface area contributed by atoms with Gasteiger partial charge in [-0.1, -0.05) is 37.3 Å². The molecule has 0 saturated carbocycles. The molecule has 5 nitrogen and oxygen atoms in total. The fourth-order valence-electron chi connectivity index (χ4n) is 2.78. The molecular formula is C19H23FN2O3S. The van der Waals surface area contributed by atoms with Crippen molar-refractivity contribution in [2.45, 2.75) is 32.4 Å². The van der Waals surface area contributed by atoms with Crippen molar-refractivity contribution < 1.29 is 17.6 Å². The molecule has 0 aliphatic heterocycles. The van der Waals surface area contributed by atoms with Crippen LogP contribution in [0, 0.1) is 5.82 Å². The summed E-state index contributed by atoms with van der Waals surface area (Å²) in [5, 5.41) is 2.82. The monoisotopic (exact) mass is 378 g/mol. The van der Waals surface area contributed by atoms with Crippen LogP contribution in [0.5, 0.6) is 0 Å². The lowest BCUT2D eigenvalue weighted by atomic mass is 10.1. The van der Waals surface area contributed by atoms with E-state index in [-0.39, 0.29) is 11.9 Å². The lowest BCUT2D eigenvalue weighted by Gasteiger charge is -2.31. The Bertz CT molecular complexity index is 839. The van der Waals surface area contributed by atoms with Gasteiger partial charge in [-0.2, -0.15) is 0 Å². The molecule has 1 amide bonds. The SMILES string of the molecule is CC[C@H](C(=O)N[C@H](C)c1ccc(F)cc1)N(c1ccccc1)S(C)(=O)=O. The third-order valence-corrected chi connectivity index (χ3v) is 5.25. The Kier molecular flexibility index (Phi) is 6.37. The number of anilines is 1. The zero-order valence-corrected chi connectivity index (χ0v) is 15.8. The van der Waals surface area contributed by atoms with Gasteiger partial charge >= 0.3 is 0 Å². The van der Waals surface area contributed by atoms with E-state index in [1.807, 2.05) is 0 Å². The molecule has 0 heterocycles. The Morgan fingerprint density at radius 2 is 1.69 bits per heavy atom. The van der Waals surface area contributed by atoms with Gasteiger partial charge in [0.05, 0.1) is 18.0 Å². The van der Waals surface area contributed by atoms with Crippen molar-refractivity contribution in [3.63, 3.8) is 0 Å². The van der Waals surface area contributed by atoms with Gasteiger partial charge in [0.1, 0.15) is 11.9 Å². The normalized spacial score (nSPS) is 13.7. The summed E-state index contributed by atoms with van der Waals surface area (Å²) in [6, 6.07) is 13.1. The number of halogens is 1. The zero-order chi connectivity index (χ0) is 19.3. The van der Waals surface area contributed by atoms with Gasteiger partial charge < -0.3 is 5.32 Å². The van der Waals surface area contributed by atoms with Crippen LogP contribution in [0.3, 0.4) is 0 Å². The number of rotatable bonds is 7. The first-order chi connectivity index (χ1) is 12.2. The van der Waals surface area contributed by atoms with Crippen molar-refractivity contribution in [1.82, 2.24) is 5.32 Å². The largest absolute Gasteiger partial charge is 0.348 e. The van der Waals surface area contributed by atoms with Crippen molar-refractivity contribution in [3.05, 3.63) is 66.0 Å². The molecule has 0 aliphatic rings. The van der Waals surface area contributed by atoms with Crippen LogP contribution in [0.2, 0.25) is 0 Å². The van der Waals surface area contributed by atoms with E-state index in [0.29, 0.717) is 12.1 Å². The molecule has 0 aromatic heterocycles. The highest BCUT2D eigenvalue weighted by atomic mass is 32.2. The van der Waals surface area contributed by atoms with Gasteiger partial charge in [-0.3, -0.25) is 9.10 Å². The minimum atomic E-state index is -3.66. The molecule has 0 fully saturated rings. The highest BCUT2D eigenvalue weighted by Gasteiger charge is 2.32. The van der Waals surface area contributed by atoms with Gasteiger partial charge in [-0.25, -0.2) is 12.8 Å². The molecule has 0 spiro atoms. The number of amides is 1. The molecule has 2 rings (SSSR count). The number of hydrogen-bond donors (Lipinski definition) is 1. The third-order valence-electron chi connectivity index (χ3n) is 4.07. The second-order valence-corrected chi connectivity index (χ2v) is 7.96. The Labute approximate surface area is 153 Å². The van der Waals surface area contributed by atoms with Gasteiger partial charge in [-0.05, 0) is 43.2 Å². The Balaban J connectivity index is 2.26. The second-order valence-electron chi connectivity index (χ2n) is 6.10. The molecule has 7 heteroatoms. The Morgan fingerprint density at radius 1 is 1.12 bits per heavy atom. The van der Waals surface area contributed by atoms with E-state index in [2.05, 4.69) is 5.32 Å². The molecule has 2 aromatic carbocycles. The molecule has 140 valence electrons. The minimum Gasteiger partial charge on any atom is -0.348 e. The predicted octanol–water partition coefficient (Wildman–Crippen LogP) is 3.25. The molecular weight excluding hydrogens is 355 g/mol. The molecule has 2 aromatic rings. The first-order valence-corrected chi connectivity index (χ1v) is 10.2. The second kappa shape index (κ2) is 8.31. The van der Waals surface area contributed by atoms with Gasteiger partial charge in [-0.15, -0.1) is 0 Å². The smallest absolute Gasteiger partial charge is 0.244 e. The topological polar surface area (TPSA) is 66.5 Å². The molecule has 0 radical (unpaired) electrons. The third kappa shape index (κ3) is 4.82. The summed E-state index contributed by atoms with van der Waals surface area (Å²) in [5.74, 6) is -0.760. The maximum atomic E-state index is 13.1. The summed E-state index contributed by atoms with van der Waals surface area (Å²) in [5.41, 5.74) is 1.17. The van der Waals surface area contributed by atoms with Crippen molar-refractivity contribution >= 4 is 21.6 Å². The van der Waals surface area contributed by atoms with E-state index >= 15 is 0 Å². The van der Waals surface area contributed by atoms with Gasteiger partial charge in [0, 0.05) is 0 Å². The van der Waals surface area contributed by atoms with Crippen LogP contribution in [0.1, 0.15) is 31.9 Å². The number of carbonyl (C=O) groups excluding carboxylic acids is 1. The van der Waals surface area contributed by atoms with E-state index in [1.165, 1.54) is 12.1 Å². The molecule has 26 heavy (non-hydrogen) atoms. The van der Waals surface area contributed by atoms with Crippen molar-refractivity contribution in [3.8, 4) is 0 Å². The van der Waals surface area contributed by atoms with Crippen LogP contribution in [-0.2, 0) is 14.8 Å². The number of nitrogens with one attached hydrogen (secondary N) is 1. The van der Waals surface area contributed by atoms with Crippen molar-refractivity contribution in [1.29, 1.82) is 0 Å². The van der Waals surface area contributed by atoms with E-state index in [4.69, 9.17) is 0 Å². The van der Waals surface area contributed by atoms with Crippen LogP contribution in [0.4, 0.5) is 10.1 Å². The van der Waals surface area contributed by atoms with Gasteiger partial charge in [0.15, 0.2) is 0 Å². The average Bonchev–Trinajstić information content (AvgIpc) is 2.59. The summed E-state index contributed by atoms with van der Waals surface area (Å²) in [7, 11) is -3.66. The predicted molar refractivity (Wildman–Crippen MR) is 101 cm³/mol. The summed E-state index contributed by atoms with van der Waals surface area (Å²) in [6.45, 7) is 3.53. The fraction of sp³-hybridized carbons (Fsp3) is 0.316. The fourth-order valence-corrected chi connectivity index (χ4v) is 3.99. The molecule has 0 saturated heterocycles. The molecule has 0 unspecified atom stereocenters. The summed E-state index contributed by atoms with van der Waals surface area (Å²) >= 11 is 0. The van der Waals surface area contributed by atoms with Crippen LogP contribution in [0.15, 0.2) is 54.6 Å². The average molecular weight is 378 g/mol. The molecule has 0 aliphatic carbocycles. The highest BCUT2D eigenvalue weighted by molar-refractivity contribution is 7.92. The first-order valence-electron chi connectivity index (χ1n) is 8.34. The van der Waals surface area contributed by atoms with E-state index in [0.717, 1.165) is 16.1 Å². The van der Waals surface area contributed by atoms with Gasteiger partial charge in [0.2, 0.25) is 15.9 Å². The number of benzene rings is 2. The standard InChI is InChI=1S/C19H23FN2O3S/c1-4-18(22(26(3,24)25)17-8-6-5-7-9-17)19(23)21-14(2)15-10-12-16(20)13-11-15/h5-14,18H,4H2,1-3H3,(H,21,23)/t14-,18-/m1/s1. The van der Waals surface area contributed by atoms with Crippen LogP contribution >= 0.6 is 0 Å². The maximum absolute atomic E-state index is 13.1. The van der Waals surface area contributed by atoms with E-state index < -0.39 is 22.0 Å². The summed E-state index contributed by atoms with van der Waals surface area (Å²) < 4.78 is 38.9. The van der Waals surface area contributed by atoms with Crippen molar-refractivity contribution in [2.75, 3.05) is 10.6 Å². The molecule has 1 N–H and O–H groups in total. The van der Waals surface area contributed by atoms with Crippen LogP contribution in [-0.4, -0.2) is 26.6 Å². The van der Waals surface area contributed by atoms with Crippen molar-refractivity contribution in [2.24, 2.45) is 0 Å². The van der Waals surface area contributed by atoms with E-state index in [1.54, 1.807) is 56.3 Å². The van der Waals surface area contributed by atoms with E-state index in [9.17, 15) is 17.6 Å². The Morgan fingerprint density at radius 3 is 2.19 bits per heavy atom. The summed E-state index contributed by atoms with van der Waals surface area (Å²) in [4.78, 5) is 12.8. The number of sulfonamides is 1.